The number of aliphatic hydroxyl groups excluding tert-OH is 1. The summed E-state index contributed by atoms with van der Waals surface area (Å²) in [6.45, 7) is 2.55. The van der Waals surface area contributed by atoms with Crippen molar-refractivity contribution in [3.8, 4) is 0 Å². The molecule has 0 radical (unpaired) electrons. The standard InChI is InChI=1S/C15H25NO2/c17-13-6-8-15-7-3-4-11(14(15)18-13)12-5-1-2-9-16(12)10-15/h11-14,17H,1-10H2/t11-,12-,13-,14+,15+/m1/s1. The molecule has 1 N–H and O–H groups in total. The Morgan fingerprint density at radius 1 is 1.06 bits per heavy atom. The lowest BCUT2D eigenvalue weighted by Gasteiger charge is -2.61. The molecule has 0 spiro atoms. The molecule has 4 aliphatic rings. The Morgan fingerprint density at radius 2 is 2.00 bits per heavy atom. The molecule has 0 unspecified atom stereocenters. The predicted octanol–water partition coefficient (Wildman–Crippen LogP) is 2.14. The molecule has 0 aromatic heterocycles. The lowest BCUT2D eigenvalue weighted by Crippen LogP contribution is -2.66. The Balaban J connectivity index is 1.67. The lowest BCUT2D eigenvalue weighted by atomic mass is 9.58. The zero-order valence-electron chi connectivity index (χ0n) is 11.2. The van der Waals surface area contributed by atoms with Crippen LogP contribution in [-0.2, 0) is 4.74 Å². The van der Waals surface area contributed by atoms with E-state index in [0.717, 1.165) is 12.5 Å². The van der Waals surface area contributed by atoms with Crippen molar-refractivity contribution in [1.29, 1.82) is 0 Å². The van der Waals surface area contributed by atoms with E-state index in [-0.39, 0.29) is 0 Å². The Morgan fingerprint density at radius 3 is 2.94 bits per heavy atom. The van der Waals surface area contributed by atoms with Crippen molar-refractivity contribution >= 4 is 0 Å². The van der Waals surface area contributed by atoms with Crippen molar-refractivity contribution in [2.45, 2.75) is 69.8 Å². The smallest absolute Gasteiger partial charge is 0.154 e. The van der Waals surface area contributed by atoms with Gasteiger partial charge >= 0.3 is 0 Å². The van der Waals surface area contributed by atoms with Crippen LogP contribution in [0.1, 0.15) is 51.4 Å². The molecule has 3 saturated heterocycles. The highest BCUT2D eigenvalue weighted by molar-refractivity contribution is 5.07. The summed E-state index contributed by atoms with van der Waals surface area (Å²) in [6.07, 6.45) is 10.0. The summed E-state index contributed by atoms with van der Waals surface area (Å²) >= 11 is 0. The van der Waals surface area contributed by atoms with E-state index in [1.807, 2.05) is 0 Å². The van der Waals surface area contributed by atoms with Gasteiger partial charge in [0.1, 0.15) is 0 Å². The number of piperidine rings is 2. The number of fused-ring (bicyclic) bond motifs is 2. The molecule has 3 heteroatoms. The zero-order chi connectivity index (χ0) is 12.2. The summed E-state index contributed by atoms with van der Waals surface area (Å²) in [7, 11) is 0. The summed E-state index contributed by atoms with van der Waals surface area (Å²) in [4.78, 5) is 2.77. The summed E-state index contributed by atoms with van der Waals surface area (Å²) in [5.41, 5.74) is 0.385. The first-order valence-electron chi connectivity index (χ1n) is 7.86. The lowest BCUT2D eigenvalue weighted by molar-refractivity contribution is -0.269. The van der Waals surface area contributed by atoms with Gasteiger partial charge in [-0.25, -0.2) is 0 Å². The van der Waals surface area contributed by atoms with Crippen LogP contribution in [0.3, 0.4) is 0 Å². The van der Waals surface area contributed by atoms with Gasteiger partial charge < -0.3 is 9.84 Å². The van der Waals surface area contributed by atoms with Crippen LogP contribution in [0, 0.1) is 11.3 Å². The molecule has 1 saturated carbocycles. The summed E-state index contributed by atoms with van der Waals surface area (Å²) in [5, 5.41) is 9.86. The summed E-state index contributed by atoms with van der Waals surface area (Å²) in [6, 6.07) is 0.752. The maximum absolute atomic E-state index is 9.86. The van der Waals surface area contributed by atoms with Crippen LogP contribution >= 0.6 is 0 Å². The van der Waals surface area contributed by atoms with Crippen molar-refractivity contribution in [2.75, 3.05) is 13.1 Å². The van der Waals surface area contributed by atoms with Gasteiger partial charge in [0.15, 0.2) is 6.29 Å². The largest absolute Gasteiger partial charge is 0.368 e. The number of aliphatic hydroxyl groups is 1. The zero-order valence-corrected chi connectivity index (χ0v) is 11.2. The average molecular weight is 251 g/mol. The van der Waals surface area contributed by atoms with E-state index in [2.05, 4.69) is 4.90 Å². The van der Waals surface area contributed by atoms with Crippen LogP contribution in [0.25, 0.3) is 0 Å². The van der Waals surface area contributed by atoms with Gasteiger partial charge in [0.2, 0.25) is 0 Å². The van der Waals surface area contributed by atoms with Crippen molar-refractivity contribution in [3.05, 3.63) is 0 Å². The van der Waals surface area contributed by atoms with E-state index >= 15 is 0 Å². The highest BCUT2D eigenvalue weighted by atomic mass is 16.6. The monoisotopic (exact) mass is 251 g/mol. The Kier molecular flexibility index (Phi) is 2.72. The first-order chi connectivity index (χ1) is 8.78. The average Bonchev–Trinajstić information content (AvgIpc) is 2.38. The molecular weight excluding hydrogens is 226 g/mol. The van der Waals surface area contributed by atoms with Crippen molar-refractivity contribution in [1.82, 2.24) is 4.90 Å². The van der Waals surface area contributed by atoms with E-state index in [1.54, 1.807) is 0 Å². The fraction of sp³-hybridized carbons (Fsp3) is 1.00. The third-order valence-electron chi connectivity index (χ3n) is 6.07. The second kappa shape index (κ2) is 4.19. The van der Waals surface area contributed by atoms with Gasteiger partial charge in [-0.2, -0.15) is 0 Å². The molecule has 3 heterocycles. The molecule has 5 atom stereocenters. The Labute approximate surface area is 109 Å². The molecule has 1 aliphatic carbocycles. The van der Waals surface area contributed by atoms with Crippen molar-refractivity contribution in [2.24, 2.45) is 11.3 Å². The third kappa shape index (κ3) is 1.60. The van der Waals surface area contributed by atoms with Gasteiger partial charge in [-0.3, -0.25) is 4.90 Å². The van der Waals surface area contributed by atoms with Crippen LogP contribution < -0.4 is 0 Å². The Bertz CT molecular complexity index is 334. The molecule has 3 aliphatic heterocycles. The molecule has 18 heavy (non-hydrogen) atoms. The van der Waals surface area contributed by atoms with Crippen molar-refractivity contribution in [3.63, 3.8) is 0 Å². The number of ether oxygens (including phenoxy) is 1. The Hall–Kier alpha value is -0.120. The second-order valence-corrected chi connectivity index (χ2v) is 7.00. The maximum Gasteiger partial charge on any atom is 0.154 e. The van der Waals surface area contributed by atoms with Gasteiger partial charge in [-0.05, 0) is 45.1 Å². The molecule has 102 valence electrons. The van der Waals surface area contributed by atoms with Gasteiger partial charge in [0, 0.05) is 23.9 Å². The van der Waals surface area contributed by atoms with Gasteiger partial charge in [-0.15, -0.1) is 0 Å². The fourth-order valence-electron chi connectivity index (χ4n) is 5.34. The minimum Gasteiger partial charge on any atom is -0.368 e. The van der Waals surface area contributed by atoms with Crippen LogP contribution in [0.5, 0.6) is 0 Å². The van der Waals surface area contributed by atoms with Crippen LogP contribution in [-0.4, -0.2) is 41.5 Å². The van der Waals surface area contributed by atoms with E-state index in [4.69, 9.17) is 4.74 Å². The number of hydrogen-bond donors (Lipinski definition) is 1. The molecule has 0 aromatic rings. The van der Waals surface area contributed by atoms with Crippen LogP contribution in [0.15, 0.2) is 0 Å². The predicted molar refractivity (Wildman–Crippen MR) is 69.1 cm³/mol. The minimum atomic E-state index is -0.487. The van der Waals surface area contributed by atoms with Crippen LogP contribution in [0.2, 0.25) is 0 Å². The van der Waals surface area contributed by atoms with E-state index in [9.17, 15) is 5.11 Å². The van der Waals surface area contributed by atoms with Crippen molar-refractivity contribution < 1.29 is 9.84 Å². The topological polar surface area (TPSA) is 32.7 Å². The number of hydrogen-bond acceptors (Lipinski definition) is 3. The van der Waals surface area contributed by atoms with Gasteiger partial charge in [-0.1, -0.05) is 12.8 Å². The molecule has 4 rings (SSSR count). The fourth-order valence-corrected chi connectivity index (χ4v) is 5.34. The van der Waals surface area contributed by atoms with Gasteiger partial charge in [0.05, 0.1) is 6.10 Å². The van der Waals surface area contributed by atoms with E-state index in [1.165, 1.54) is 58.0 Å². The summed E-state index contributed by atoms with van der Waals surface area (Å²) < 4.78 is 6.03. The third-order valence-corrected chi connectivity index (χ3v) is 6.07. The summed E-state index contributed by atoms with van der Waals surface area (Å²) in [5.74, 6) is 0.697. The highest BCUT2D eigenvalue weighted by Crippen LogP contribution is 2.54. The quantitative estimate of drug-likeness (QED) is 0.716. The SMILES string of the molecule is O[C@H]1CC[C@@]23CCC[C@H]([C@H]4CCCCN4C2)[C@@H]3O1. The van der Waals surface area contributed by atoms with E-state index < -0.39 is 6.29 Å². The first-order valence-corrected chi connectivity index (χ1v) is 7.86. The molecule has 0 amide bonds. The van der Waals surface area contributed by atoms with Gasteiger partial charge in [0.25, 0.3) is 0 Å². The molecule has 2 bridgehead atoms. The van der Waals surface area contributed by atoms with E-state index in [0.29, 0.717) is 17.4 Å². The molecule has 3 nitrogen and oxygen atoms in total. The van der Waals surface area contributed by atoms with Crippen LogP contribution in [0.4, 0.5) is 0 Å². The number of nitrogens with zero attached hydrogens (tertiary/aromatic N) is 1. The number of rotatable bonds is 0. The second-order valence-electron chi connectivity index (χ2n) is 7.00. The molecular formula is C15H25NO2. The normalized spacial score (nSPS) is 52.5. The molecule has 4 fully saturated rings. The maximum atomic E-state index is 9.86. The highest BCUT2D eigenvalue weighted by Gasteiger charge is 2.57. The first kappa shape index (κ1) is 11.7. The minimum absolute atomic E-state index is 0.356. The molecule has 0 aromatic carbocycles.